The molecule has 10 heteroatoms. The number of pyridine rings is 2. The van der Waals surface area contributed by atoms with Gasteiger partial charge in [0.1, 0.15) is 18.0 Å². The highest BCUT2D eigenvalue weighted by atomic mass is 16.7. The number of nitrogens with zero attached hydrogens (tertiary/aromatic N) is 3. The maximum atomic E-state index is 13.4. The number of hydrogen-bond donors (Lipinski definition) is 2. The van der Waals surface area contributed by atoms with Crippen molar-refractivity contribution in [3.8, 4) is 22.9 Å². The average Bonchev–Trinajstić information content (AvgIpc) is 3.22. The molecule has 34 heavy (non-hydrogen) atoms. The van der Waals surface area contributed by atoms with E-state index >= 15 is 0 Å². The zero-order chi connectivity index (χ0) is 23.8. The molecular weight excluding hydrogens is 440 g/mol. The van der Waals surface area contributed by atoms with E-state index in [0.29, 0.717) is 51.7 Å². The summed E-state index contributed by atoms with van der Waals surface area (Å²) in [6.07, 6.45) is 0.682. The van der Waals surface area contributed by atoms with Gasteiger partial charge in [0.25, 0.3) is 5.56 Å². The smallest absolute Gasteiger partial charge is 0.343 e. The number of carbonyl (C=O) groups is 1. The Labute approximate surface area is 193 Å². The van der Waals surface area contributed by atoms with Crippen molar-refractivity contribution >= 4 is 28.4 Å². The van der Waals surface area contributed by atoms with Gasteiger partial charge < -0.3 is 29.6 Å². The second-order valence-corrected chi connectivity index (χ2v) is 8.54. The molecule has 174 valence electrons. The number of benzene rings is 1. The number of carbonyl (C=O) groups excluding carboxylic acids is 1. The fraction of sp³-hybridized carbons (Fsp3) is 0.333. The Balaban J connectivity index is 1.62. The third-order valence-electron chi connectivity index (χ3n) is 6.77. The molecule has 2 aromatic heterocycles. The molecule has 0 amide bonds. The highest BCUT2D eigenvalue weighted by molar-refractivity contribution is 6.00. The highest BCUT2D eigenvalue weighted by Gasteiger charge is 2.45. The molecule has 0 spiro atoms. The first kappa shape index (κ1) is 20.7. The molecule has 3 aliphatic rings. The molecule has 3 aromatic rings. The zero-order valence-corrected chi connectivity index (χ0v) is 18.7. The normalized spacial score (nSPS) is 20.2. The van der Waals surface area contributed by atoms with Gasteiger partial charge in [-0.2, -0.15) is 0 Å². The topological polar surface area (TPSA) is 138 Å². The largest absolute Gasteiger partial charge is 0.458 e. The number of aromatic nitrogens is 2. The Kier molecular flexibility index (Phi) is 4.28. The SMILES string of the molecule is CCC(N)=Nc1ccc2nc3c(c4c2c1OCO4)Cn1c-3cc2c(c1=O)COC(=O)[C@]2(O)CC. The van der Waals surface area contributed by atoms with Gasteiger partial charge >= 0.3 is 5.97 Å². The number of hydrogen-bond acceptors (Lipinski definition) is 8. The van der Waals surface area contributed by atoms with Crippen molar-refractivity contribution in [1.29, 1.82) is 0 Å². The first-order valence-corrected chi connectivity index (χ1v) is 11.1. The lowest BCUT2D eigenvalue weighted by Crippen LogP contribution is -2.44. The van der Waals surface area contributed by atoms with Crippen LogP contribution in [-0.4, -0.2) is 33.3 Å². The Hall–Kier alpha value is -3.92. The van der Waals surface area contributed by atoms with Gasteiger partial charge in [0.15, 0.2) is 11.4 Å². The van der Waals surface area contributed by atoms with Crippen molar-refractivity contribution in [3.63, 3.8) is 0 Å². The first-order valence-electron chi connectivity index (χ1n) is 11.1. The van der Waals surface area contributed by atoms with E-state index in [2.05, 4.69) is 4.99 Å². The van der Waals surface area contributed by atoms with E-state index in [4.69, 9.17) is 24.9 Å². The predicted molar refractivity (Wildman–Crippen MR) is 122 cm³/mol. The summed E-state index contributed by atoms with van der Waals surface area (Å²) in [6.45, 7) is 3.63. The van der Waals surface area contributed by atoms with Gasteiger partial charge in [0.2, 0.25) is 6.79 Å². The number of aliphatic imine (C=N–C) groups is 1. The van der Waals surface area contributed by atoms with Crippen molar-refractivity contribution in [3.05, 3.63) is 45.2 Å². The van der Waals surface area contributed by atoms with Crippen LogP contribution in [0.3, 0.4) is 0 Å². The zero-order valence-electron chi connectivity index (χ0n) is 18.7. The van der Waals surface area contributed by atoms with Crippen molar-refractivity contribution in [1.82, 2.24) is 9.55 Å². The molecule has 0 aliphatic carbocycles. The molecule has 3 aliphatic heterocycles. The van der Waals surface area contributed by atoms with Crippen LogP contribution in [0.15, 0.2) is 28.0 Å². The lowest BCUT2D eigenvalue weighted by molar-refractivity contribution is -0.172. The molecule has 0 bridgehead atoms. The molecule has 10 nitrogen and oxygen atoms in total. The van der Waals surface area contributed by atoms with Gasteiger partial charge in [-0.25, -0.2) is 14.8 Å². The van der Waals surface area contributed by atoms with Gasteiger partial charge in [-0.3, -0.25) is 4.79 Å². The number of nitrogens with two attached hydrogens (primary N) is 1. The Morgan fingerprint density at radius 3 is 2.76 bits per heavy atom. The molecule has 0 saturated carbocycles. The monoisotopic (exact) mass is 462 g/mol. The fourth-order valence-electron chi connectivity index (χ4n) is 4.86. The summed E-state index contributed by atoms with van der Waals surface area (Å²) in [6, 6.07) is 5.27. The van der Waals surface area contributed by atoms with Crippen LogP contribution >= 0.6 is 0 Å². The van der Waals surface area contributed by atoms with Crippen LogP contribution in [0.2, 0.25) is 0 Å². The van der Waals surface area contributed by atoms with Crippen LogP contribution in [0, 0.1) is 0 Å². The molecule has 0 unspecified atom stereocenters. The number of amidine groups is 1. The lowest BCUT2D eigenvalue weighted by atomic mass is 9.86. The summed E-state index contributed by atoms with van der Waals surface area (Å²) >= 11 is 0. The second kappa shape index (κ2) is 7.04. The third kappa shape index (κ3) is 2.59. The Bertz CT molecular complexity index is 1510. The molecule has 1 atom stereocenters. The van der Waals surface area contributed by atoms with Crippen molar-refractivity contribution in [2.45, 2.75) is 45.4 Å². The summed E-state index contributed by atoms with van der Waals surface area (Å²) in [5.41, 5.74) is 7.32. The summed E-state index contributed by atoms with van der Waals surface area (Å²) in [5.74, 6) is 0.835. The van der Waals surface area contributed by atoms with E-state index in [9.17, 15) is 14.7 Å². The summed E-state index contributed by atoms with van der Waals surface area (Å²) < 4.78 is 18.4. The van der Waals surface area contributed by atoms with E-state index in [-0.39, 0.29) is 43.1 Å². The lowest BCUT2D eigenvalue weighted by Gasteiger charge is -2.31. The third-order valence-corrected chi connectivity index (χ3v) is 6.77. The summed E-state index contributed by atoms with van der Waals surface area (Å²) in [4.78, 5) is 35.1. The minimum Gasteiger partial charge on any atom is -0.458 e. The molecule has 0 fully saturated rings. The molecule has 6 rings (SSSR count). The molecular formula is C24H22N4O6. The van der Waals surface area contributed by atoms with Crippen LogP contribution < -0.4 is 20.8 Å². The van der Waals surface area contributed by atoms with Crippen molar-refractivity contribution < 1.29 is 24.1 Å². The number of aliphatic hydroxyl groups is 1. The summed E-state index contributed by atoms with van der Waals surface area (Å²) in [7, 11) is 0. The van der Waals surface area contributed by atoms with E-state index < -0.39 is 11.6 Å². The Morgan fingerprint density at radius 2 is 2.00 bits per heavy atom. The number of cyclic esters (lactones) is 1. The first-order chi connectivity index (χ1) is 16.4. The van der Waals surface area contributed by atoms with Gasteiger partial charge in [0, 0.05) is 17.5 Å². The van der Waals surface area contributed by atoms with Gasteiger partial charge in [0.05, 0.1) is 40.2 Å². The van der Waals surface area contributed by atoms with Crippen LogP contribution in [0.5, 0.6) is 11.5 Å². The van der Waals surface area contributed by atoms with Crippen LogP contribution in [0.1, 0.15) is 43.4 Å². The van der Waals surface area contributed by atoms with E-state index in [1.807, 2.05) is 6.92 Å². The maximum Gasteiger partial charge on any atom is 0.343 e. The number of fused-ring (bicyclic) bond motifs is 5. The fourth-order valence-corrected chi connectivity index (χ4v) is 4.86. The minimum atomic E-state index is -1.88. The van der Waals surface area contributed by atoms with E-state index in [1.165, 1.54) is 0 Å². The standard InChI is InChI=1S/C24H22N4O6/c1-3-17(25)26-15-6-5-14-18-20(33-10-34-21(15)18)11-8-28-16(19(11)27-14)7-13-12(22(28)29)9-32-23(30)24(13,31)4-2/h5-7,31H,3-4,8-10H2,1-2H3,(H2,25,26)/t24-/m0/s1. The number of ether oxygens (including phenoxy) is 3. The van der Waals surface area contributed by atoms with Crippen LogP contribution in [0.25, 0.3) is 22.3 Å². The molecule has 5 heterocycles. The van der Waals surface area contributed by atoms with Crippen LogP contribution in [0.4, 0.5) is 5.69 Å². The van der Waals surface area contributed by atoms with Crippen molar-refractivity contribution in [2.24, 2.45) is 10.7 Å². The highest BCUT2D eigenvalue weighted by Crippen LogP contribution is 2.49. The molecule has 0 saturated heterocycles. The second-order valence-electron chi connectivity index (χ2n) is 8.54. The quantitative estimate of drug-likeness (QED) is 0.268. The van der Waals surface area contributed by atoms with Gasteiger partial charge in [-0.05, 0) is 24.6 Å². The maximum absolute atomic E-state index is 13.4. The Morgan fingerprint density at radius 1 is 1.21 bits per heavy atom. The summed E-state index contributed by atoms with van der Waals surface area (Å²) in [5, 5.41) is 11.7. The van der Waals surface area contributed by atoms with Crippen LogP contribution in [-0.2, 0) is 28.3 Å². The van der Waals surface area contributed by atoms with E-state index in [1.54, 1.807) is 29.7 Å². The van der Waals surface area contributed by atoms with Gasteiger partial charge in [-0.1, -0.05) is 13.8 Å². The van der Waals surface area contributed by atoms with E-state index in [0.717, 1.165) is 5.56 Å². The molecule has 0 radical (unpaired) electrons. The number of esters is 1. The molecule has 3 N–H and O–H groups in total. The molecule has 1 aromatic carbocycles. The average molecular weight is 462 g/mol. The van der Waals surface area contributed by atoms with Gasteiger partial charge in [-0.15, -0.1) is 0 Å². The number of rotatable bonds is 3. The van der Waals surface area contributed by atoms with Crippen molar-refractivity contribution in [2.75, 3.05) is 6.79 Å². The predicted octanol–water partition coefficient (Wildman–Crippen LogP) is 2.21. The minimum absolute atomic E-state index is 0.0171.